The van der Waals surface area contributed by atoms with E-state index in [1.165, 1.54) is 0 Å². The van der Waals surface area contributed by atoms with Crippen LogP contribution in [-0.2, 0) is 11.3 Å². The summed E-state index contributed by atoms with van der Waals surface area (Å²) in [5, 5.41) is 12.7. The van der Waals surface area contributed by atoms with Gasteiger partial charge in [0.2, 0.25) is 0 Å². The lowest BCUT2D eigenvalue weighted by Crippen LogP contribution is -2.53. The van der Waals surface area contributed by atoms with Gasteiger partial charge in [-0.2, -0.15) is 0 Å². The zero-order chi connectivity index (χ0) is 12.3. The molecule has 0 heterocycles. The summed E-state index contributed by atoms with van der Waals surface area (Å²) in [7, 11) is 0. The zero-order valence-corrected chi connectivity index (χ0v) is 10.1. The molecule has 0 radical (unpaired) electrons. The molecule has 0 spiro atoms. The molecule has 17 heavy (non-hydrogen) atoms. The Hall–Kier alpha value is -1.35. The predicted molar refractivity (Wildman–Crippen MR) is 66.7 cm³/mol. The van der Waals surface area contributed by atoms with E-state index in [0.717, 1.165) is 18.4 Å². The predicted octanol–water partition coefficient (Wildman–Crippen LogP) is 2.42. The SMILES string of the molecule is CCC(NCc1ccccc1)(C(=O)O)C1CC1. The highest BCUT2D eigenvalue weighted by atomic mass is 16.4. The van der Waals surface area contributed by atoms with Gasteiger partial charge >= 0.3 is 5.97 Å². The summed E-state index contributed by atoms with van der Waals surface area (Å²) in [5.41, 5.74) is 0.405. The number of hydrogen-bond acceptors (Lipinski definition) is 2. The highest BCUT2D eigenvalue weighted by Gasteiger charge is 2.49. The summed E-state index contributed by atoms with van der Waals surface area (Å²) in [6.45, 7) is 2.57. The van der Waals surface area contributed by atoms with Gasteiger partial charge in [0.15, 0.2) is 0 Å². The van der Waals surface area contributed by atoms with Gasteiger partial charge in [-0.15, -0.1) is 0 Å². The van der Waals surface area contributed by atoms with Gasteiger partial charge in [0.1, 0.15) is 5.54 Å². The van der Waals surface area contributed by atoms with Crippen molar-refractivity contribution in [3.8, 4) is 0 Å². The number of carboxylic acids is 1. The van der Waals surface area contributed by atoms with Crippen LogP contribution in [0, 0.1) is 5.92 Å². The third kappa shape index (κ3) is 2.50. The number of carbonyl (C=O) groups is 1. The Kier molecular flexibility index (Phi) is 3.48. The molecule has 3 nitrogen and oxygen atoms in total. The normalized spacial score (nSPS) is 18.6. The van der Waals surface area contributed by atoms with E-state index in [-0.39, 0.29) is 0 Å². The van der Waals surface area contributed by atoms with Crippen molar-refractivity contribution in [2.45, 2.75) is 38.3 Å². The molecule has 1 aliphatic rings. The highest BCUT2D eigenvalue weighted by molar-refractivity contribution is 5.79. The highest BCUT2D eigenvalue weighted by Crippen LogP contribution is 2.41. The van der Waals surface area contributed by atoms with E-state index in [0.29, 0.717) is 18.9 Å². The second-order valence-electron chi connectivity index (χ2n) is 4.74. The monoisotopic (exact) mass is 233 g/mol. The summed E-state index contributed by atoms with van der Waals surface area (Å²) in [6, 6.07) is 9.95. The lowest BCUT2D eigenvalue weighted by molar-refractivity contribution is -0.146. The number of aliphatic carboxylic acids is 1. The van der Waals surface area contributed by atoms with E-state index in [9.17, 15) is 9.90 Å². The minimum atomic E-state index is -0.726. The summed E-state index contributed by atoms with van der Waals surface area (Å²) >= 11 is 0. The van der Waals surface area contributed by atoms with Crippen molar-refractivity contribution < 1.29 is 9.90 Å². The molecule has 0 aromatic heterocycles. The fourth-order valence-electron chi connectivity index (χ4n) is 2.39. The Morgan fingerprint density at radius 2 is 2.06 bits per heavy atom. The van der Waals surface area contributed by atoms with Gasteiger partial charge in [0, 0.05) is 6.54 Å². The Morgan fingerprint density at radius 3 is 2.53 bits per heavy atom. The largest absolute Gasteiger partial charge is 0.480 e. The number of benzene rings is 1. The van der Waals surface area contributed by atoms with Crippen molar-refractivity contribution in [2.75, 3.05) is 0 Å². The summed E-state index contributed by atoms with van der Waals surface area (Å²) < 4.78 is 0. The first-order valence-electron chi connectivity index (χ1n) is 6.21. The van der Waals surface area contributed by atoms with E-state index in [4.69, 9.17) is 0 Å². The van der Waals surface area contributed by atoms with Crippen LogP contribution in [0.1, 0.15) is 31.7 Å². The molecule has 3 heteroatoms. The Balaban J connectivity index is 2.06. The zero-order valence-electron chi connectivity index (χ0n) is 10.1. The van der Waals surface area contributed by atoms with Gasteiger partial charge < -0.3 is 5.11 Å². The van der Waals surface area contributed by atoms with Crippen molar-refractivity contribution in [1.82, 2.24) is 5.32 Å². The molecule has 0 aliphatic heterocycles. The Bertz CT molecular complexity index is 386. The van der Waals surface area contributed by atoms with Gasteiger partial charge in [-0.1, -0.05) is 37.3 Å². The first-order chi connectivity index (χ1) is 8.19. The fourth-order valence-corrected chi connectivity index (χ4v) is 2.39. The van der Waals surface area contributed by atoms with Crippen LogP contribution in [0.4, 0.5) is 0 Å². The van der Waals surface area contributed by atoms with Crippen molar-refractivity contribution in [2.24, 2.45) is 5.92 Å². The number of carboxylic acid groups (broad SMARTS) is 1. The van der Waals surface area contributed by atoms with Gasteiger partial charge in [-0.3, -0.25) is 10.1 Å². The van der Waals surface area contributed by atoms with Crippen molar-refractivity contribution in [1.29, 1.82) is 0 Å². The maximum atomic E-state index is 11.5. The smallest absolute Gasteiger partial charge is 0.324 e. The van der Waals surface area contributed by atoms with Gasteiger partial charge in [0.25, 0.3) is 0 Å². The first-order valence-corrected chi connectivity index (χ1v) is 6.21. The Labute approximate surface area is 102 Å². The molecule has 0 saturated heterocycles. The fraction of sp³-hybridized carbons (Fsp3) is 0.500. The molecule has 0 bridgehead atoms. The van der Waals surface area contributed by atoms with E-state index in [2.05, 4.69) is 5.32 Å². The molecule has 1 fully saturated rings. The number of hydrogen-bond donors (Lipinski definition) is 2. The van der Waals surface area contributed by atoms with Crippen molar-refractivity contribution >= 4 is 5.97 Å². The van der Waals surface area contributed by atoms with E-state index < -0.39 is 11.5 Å². The maximum Gasteiger partial charge on any atom is 0.324 e. The third-order valence-corrected chi connectivity index (χ3v) is 3.66. The minimum absolute atomic E-state index is 0.300. The lowest BCUT2D eigenvalue weighted by Gasteiger charge is -2.29. The quantitative estimate of drug-likeness (QED) is 0.793. The molecule has 2 rings (SSSR count). The van der Waals surface area contributed by atoms with Crippen LogP contribution in [0.25, 0.3) is 0 Å². The van der Waals surface area contributed by atoms with Crippen LogP contribution in [0.2, 0.25) is 0 Å². The molecule has 92 valence electrons. The molecule has 2 N–H and O–H groups in total. The molecule has 1 aliphatic carbocycles. The molecule has 1 aromatic carbocycles. The molecule has 0 amide bonds. The van der Waals surface area contributed by atoms with Gasteiger partial charge in [-0.05, 0) is 30.7 Å². The van der Waals surface area contributed by atoms with E-state index in [1.807, 2.05) is 37.3 Å². The molecule has 1 saturated carbocycles. The maximum absolute atomic E-state index is 11.5. The van der Waals surface area contributed by atoms with Crippen molar-refractivity contribution in [3.05, 3.63) is 35.9 Å². The average Bonchev–Trinajstić information content (AvgIpc) is 3.16. The second-order valence-corrected chi connectivity index (χ2v) is 4.74. The topological polar surface area (TPSA) is 49.3 Å². The third-order valence-electron chi connectivity index (χ3n) is 3.66. The number of rotatable bonds is 6. The number of nitrogens with one attached hydrogen (secondary N) is 1. The summed E-state index contributed by atoms with van der Waals surface area (Å²) in [6.07, 6.45) is 2.70. The van der Waals surface area contributed by atoms with Crippen LogP contribution >= 0.6 is 0 Å². The molecule has 1 atom stereocenters. The van der Waals surface area contributed by atoms with Gasteiger partial charge in [-0.25, -0.2) is 0 Å². The lowest BCUT2D eigenvalue weighted by atomic mass is 9.90. The minimum Gasteiger partial charge on any atom is -0.480 e. The Morgan fingerprint density at radius 1 is 1.41 bits per heavy atom. The van der Waals surface area contributed by atoms with Crippen molar-refractivity contribution in [3.63, 3.8) is 0 Å². The first kappa shape index (κ1) is 12.1. The van der Waals surface area contributed by atoms with E-state index in [1.54, 1.807) is 0 Å². The average molecular weight is 233 g/mol. The summed E-state index contributed by atoms with van der Waals surface area (Å²) in [4.78, 5) is 11.5. The van der Waals surface area contributed by atoms with Crippen LogP contribution in [0.3, 0.4) is 0 Å². The van der Waals surface area contributed by atoms with Crippen LogP contribution in [-0.4, -0.2) is 16.6 Å². The summed E-state index contributed by atoms with van der Waals surface area (Å²) in [5.74, 6) is -0.410. The van der Waals surface area contributed by atoms with Crippen LogP contribution < -0.4 is 5.32 Å². The molecule has 1 unspecified atom stereocenters. The standard InChI is InChI=1S/C14H19NO2/c1-2-14(13(16)17,12-8-9-12)15-10-11-6-4-3-5-7-11/h3-7,12,15H,2,8-10H2,1H3,(H,16,17). The molecular weight excluding hydrogens is 214 g/mol. The van der Waals surface area contributed by atoms with E-state index >= 15 is 0 Å². The second kappa shape index (κ2) is 4.88. The van der Waals surface area contributed by atoms with Crippen LogP contribution in [0.15, 0.2) is 30.3 Å². The molecular formula is C14H19NO2. The van der Waals surface area contributed by atoms with Crippen LogP contribution in [0.5, 0.6) is 0 Å². The molecule has 1 aromatic rings. The van der Waals surface area contributed by atoms with Gasteiger partial charge in [0.05, 0.1) is 0 Å².